The van der Waals surface area contributed by atoms with E-state index in [-0.39, 0.29) is 12.1 Å². The molecule has 1 aromatic carbocycles. The van der Waals surface area contributed by atoms with Gasteiger partial charge in [-0.2, -0.15) is 0 Å². The van der Waals surface area contributed by atoms with E-state index < -0.39 is 0 Å². The van der Waals surface area contributed by atoms with Crippen molar-refractivity contribution in [3.63, 3.8) is 0 Å². The summed E-state index contributed by atoms with van der Waals surface area (Å²) >= 11 is 0. The number of nitrogens with one attached hydrogen (secondary N) is 1. The molecular formula is C17H27N3O. The van der Waals surface area contributed by atoms with Gasteiger partial charge in [-0.3, -0.25) is 10.1 Å². The minimum absolute atomic E-state index is 0.0442. The van der Waals surface area contributed by atoms with Gasteiger partial charge >= 0.3 is 0 Å². The molecule has 1 unspecified atom stereocenters. The molecule has 1 atom stereocenters. The summed E-state index contributed by atoms with van der Waals surface area (Å²) in [4.78, 5) is 16.2. The van der Waals surface area contributed by atoms with Crippen molar-refractivity contribution >= 4 is 5.91 Å². The average molecular weight is 289 g/mol. The van der Waals surface area contributed by atoms with E-state index >= 15 is 0 Å². The van der Waals surface area contributed by atoms with E-state index in [1.54, 1.807) is 0 Å². The molecule has 1 amide bonds. The van der Waals surface area contributed by atoms with Gasteiger partial charge in [-0.15, -0.1) is 0 Å². The highest BCUT2D eigenvalue weighted by Crippen LogP contribution is 2.23. The molecule has 0 bridgehead atoms. The molecule has 2 rings (SSSR count). The topological polar surface area (TPSA) is 35.6 Å². The van der Waals surface area contributed by atoms with Crippen molar-refractivity contribution in [3.05, 3.63) is 35.4 Å². The molecule has 0 radical (unpaired) electrons. The maximum Gasteiger partial charge on any atom is 0.238 e. The lowest BCUT2D eigenvalue weighted by Gasteiger charge is -2.25. The Labute approximate surface area is 128 Å². The van der Waals surface area contributed by atoms with E-state index in [0.29, 0.717) is 6.54 Å². The fourth-order valence-corrected chi connectivity index (χ4v) is 2.74. The number of hydrogen-bond acceptors (Lipinski definition) is 3. The van der Waals surface area contributed by atoms with Gasteiger partial charge in [0.1, 0.15) is 6.17 Å². The molecule has 0 saturated carbocycles. The van der Waals surface area contributed by atoms with Crippen molar-refractivity contribution in [2.75, 3.05) is 33.7 Å². The predicted molar refractivity (Wildman–Crippen MR) is 86.1 cm³/mol. The van der Waals surface area contributed by atoms with Crippen molar-refractivity contribution < 1.29 is 4.79 Å². The molecule has 21 heavy (non-hydrogen) atoms. The minimum Gasteiger partial charge on any atom is -0.322 e. The smallest absolute Gasteiger partial charge is 0.238 e. The first-order chi connectivity index (χ1) is 10.1. The van der Waals surface area contributed by atoms with Gasteiger partial charge in [0.25, 0.3) is 0 Å². The summed E-state index contributed by atoms with van der Waals surface area (Å²) in [5.74, 6) is 0.212. The number of hydrogen-bond donors (Lipinski definition) is 1. The number of aryl methyl sites for hydroxylation is 1. The number of amides is 1. The predicted octanol–water partition coefficient (Wildman–Crippen LogP) is 2.02. The van der Waals surface area contributed by atoms with Crippen LogP contribution >= 0.6 is 0 Å². The molecule has 116 valence electrons. The van der Waals surface area contributed by atoms with Crippen LogP contribution in [0.5, 0.6) is 0 Å². The molecule has 1 heterocycles. The van der Waals surface area contributed by atoms with E-state index in [2.05, 4.69) is 55.5 Å². The maximum absolute atomic E-state index is 12.1. The maximum atomic E-state index is 12.1. The van der Waals surface area contributed by atoms with Crippen LogP contribution in [0.25, 0.3) is 0 Å². The third kappa shape index (κ3) is 4.29. The Bertz CT molecular complexity index is 456. The summed E-state index contributed by atoms with van der Waals surface area (Å²) in [6.07, 6.45) is 3.27. The van der Waals surface area contributed by atoms with Gasteiger partial charge in [0.2, 0.25) is 5.91 Å². The second-order valence-electron chi connectivity index (χ2n) is 5.98. The molecule has 1 N–H and O–H groups in total. The first kappa shape index (κ1) is 16.0. The van der Waals surface area contributed by atoms with Gasteiger partial charge in [-0.1, -0.05) is 31.2 Å². The Morgan fingerprint density at radius 1 is 1.24 bits per heavy atom. The van der Waals surface area contributed by atoms with Gasteiger partial charge in [-0.05, 0) is 51.0 Å². The zero-order valence-electron chi connectivity index (χ0n) is 13.4. The third-order valence-corrected chi connectivity index (χ3v) is 4.04. The highest BCUT2D eigenvalue weighted by Gasteiger charge is 2.30. The Kier molecular flexibility index (Phi) is 5.76. The van der Waals surface area contributed by atoms with Crippen LogP contribution in [0.3, 0.4) is 0 Å². The fraction of sp³-hybridized carbons (Fsp3) is 0.588. The van der Waals surface area contributed by atoms with Crippen LogP contribution in [0.4, 0.5) is 0 Å². The Hall–Kier alpha value is -1.39. The molecule has 0 aromatic heterocycles. The summed E-state index contributed by atoms with van der Waals surface area (Å²) in [5, 5.41) is 3.33. The van der Waals surface area contributed by atoms with Gasteiger partial charge in [0, 0.05) is 6.54 Å². The number of benzene rings is 1. The largest absolute Gasteiger partial charge is 0.322 e. The molecule has 0 spiro atoms. The Balaban J connectivity index is 1.95. The third-order valence-electron chi connectivity index (χ3n) is 4.04. The normalized spacial score (nSPS) is 18.8. The SMILES string of the molecule is CCc1ccc(C2NCC(=O)N2CCCCN(C)C)cc1. The average Bonchev–Trinajstić information content (AvgIpc) is 2.85. The van der Waals surface area contributed by atoms with Crippen molar-refractivity contribution in [2.24, 2.45) is 0 Å². The van der Waals surface area contributed by atoms with E-state index in [1.807, 2.05) is 4.90 Å². The first-order valence-electron chi connectivity index (χ1n) is 7.88. The lowest BCUT2D eigenvalue weighted by molar-refractivity contribution is -0.128. The van der Waals surface area contributed by atoms with E-state index in [9.17, 15) is 4.79 Å². The van der Waals surface area contributed by atoms with Crippen LogP contribution in [0.1, 0.15) is 37.1 Å². The Morgan fingerprint density at radius 3 is 2.57 bits per heavy atom. The highest BCUT2D eigenvalue weighted by molar-refractivity contribution is 5.80. The van der Waals surface area contributed by atoms with E-state index in [0.717, 1.165) is 32.4 Å². The summed E-state index contributed by atoms with van der Waals surface area (Å²) in [6.45, 7) is 4.52. The zero-order valence-corrected chi connectivity index (χ0v) is 13.4. The fourth-order valence-electron chi connectivity index (χ4n) is 2.74. The van der Waals surface area contributed by atoms with Crippen LogP contribution < -0.4 is 5.32 Å². The quantitative estimate of drug-likeness (QED) is 0.780. The molecule has 1 fully saturated rings. The molecule has 1 aliphatic rings. The number of carbonyl (C=O) groups is 1. The zero-order chi connectivity index (χ0) is 15.2. The first-order valence-corrected chi connectivity index (χ1v) is 7.88. The van der Waals surface area contributed by atoms with Crippen LogP contribution in [-0.2, 0) is 11.2 Å². The summed E-state index contributed by atoms with van der Waals surface area (Å²) in [6, 6.07) is 8.60. The second kappa shape index (κ2) is 7.57. The van der Waals surface area contributed by atoms with E-state index in [4.69, 9.17) is 0 Å². The van der Waals surface area contributed by atoms with Crippen LogP contribution in [0.15, 0.2) is 24.3 Å². The Morgan fingerprint density at radius 2 is 1.95 bits per heavy atom. The van der Waals surface area contributed by atoms with Crippen molar-refractivity contribution in [3.8, 4) is 0 Å². The number of rotatable bonds is 7. The van der Waals surface area contributed by atoms with Crippen molar-refractivity contribution in [1.82, 2.24) is 15.1 Å². The van der Waals surface area contributed by atoms with E-state index in [1.165, 1.54) is 11.1 Å². The number of unbranched alkanes of at least 4 members (excludes halogenated alkanes) is 1. The molecule has 1 aliphatic heterocycles. The van der Waals surface area contributed by atoms with Gasteiger partial charge in [0.15, 0.2) is 0 Å². The molecule has 0 aliphatic carbocycles. The summed E-state index contributed by atoms with van der Waals surface area (Å²) in [7, 11) is 4.17. The second-order valence-corrected chi connectivity index (χ2v) is 5.98. The summed E-state index contributed by atoms with van der Waals surface area (Å²) < 4.78 is 0. The van der Waals surface area contributed by atoms with Crippen LogP contribution in [0.2, 0.25) is 0 Å². The lowest BCUT2D eigenvalue weighted by atomic mass is 10.1. The number of nitrogens with zero attached hydrogens (tertiary/aromatic N) is 2. The molecule has 4 nitrogen and oxygen atoms in total. The highest BCUT2D eigenvalue weighted by atomic mass is 16.2. The molecule has 1 saturated heterocycles. The molecular weight excluding hydrogens is 262 g/mol. The van der Waals surface area contributed by atoms with Gasteiger partial charge < -0.3 is 9.80 Å². The number of carbonyl (C=O) groups excluding carboxylic acids is 1. The monoisotopic (exact) mass is 289 g/mol. The van der Waals surface area contributed by atoms with Crippen molar-refractivity contribution in [2.45, 2.75) is 32.4 Å². The van der Waals surface area contributed by atoms with Gasteiger partial charge in [0.05, 0.1) is 6.54 Å². The summed E-state index contributed by atoms with van der Waals surface area (Å²) in [5.41, 5.74) is 2.52. The van der Waals surface area contributed by atoms with Crippen molar-refractivity contribution in [1.29, 1.82) is 0 Å². The van der Waals surface area contributed by atoms with Crippen LogP contribution in [0, 0.1) is 0 Å². The molecule has 4 heteroatoms. The van der Waals surface area contributed by atoms with Gasteiger partial charge in [-0.25, -0.2) is 0 Å². The van der Waals surface area contributed by atoms with Crippen LogP contribution in [-0.4, -0.2) is 49.4 Å². The molecule has 1 aromatic rings. The lowest BCUT2D eigenvalue weighted by Crippen LogP contribution is -2.31. The standard InChI is InChI=1S/C17H27N3O/c1-4-14-7-9-15(10-8-14)17-18-13-16(21)20(17)12-6-5-11-19(2)3/h7-10,17-18H,4-6,11-13H2,1-3H3. The minimum atomic E-state index is 0.0442.